The van der Waals surface area contributed by atoms with Gasteiger partial charge in [-0.15, -0.1) is 11.8 Å². The number of amides is 1. The van der Waals surface area contributed by atoms with E-state index >= 15 is 4.79 Å². The van der Waals surface area contributed by atoms with Crippen LogP contribution in [0.2, 0.25) is 0 Å². The molecular weight excluding hydrogens is 706 g/mol. The second-order valence-electron chi connectivity index (χ2n) is 13.0. The largest absolute Gasteiger partial charge is 0.457 e. The molecule has 1 saturated heterocycles. The summed E-state index contributed by atoms with van der Waals surface area (Å²) in [4.78, 5) is 32.0. The summed E-state index contributed by atoms with van der Waals surface area (Å²) >= 11 is 1.57. The standard InChI is InChI=1S/C47H42NO4PS/c1-2-35-52-46(51)45(53(39-27-15-6-16-28-39,40-29-17-7-18-30-40)41-31-19-8-20-32-41)48-42(33-34-49)43(44(48)50)54-47(36-21-9-3-10-22-36,37-23-11-4-12-24-37)38-25-13-5-14-26-38/h2-32,42-43,49H,1,33-35H2/t42-,43+/m1/s1. The van der Waals surface area contributed by atoms with Gasteiger partial charge in [0.05, 0.1) is 10.8 Å². The molecule has 54 heavy (non-hydrogen) atoms. The Bertz CT molecular complexity index is 2030. The first kappa shape index (κ1) is 36.9. The van der Waals surface area contributed by atoms with Crippen molar-refractivity contribution in [2.75, 3.05) is 13.2 Å². The van der Waals surface area contributed by atoms with Crippen LogP contribution in [0.3, 0.4) is 0 Å². The molecule has 1 N–H and O–H groups in total. The quantitative estimate of drug-likeness (QED) is 0.0411. The number of ether oxygens (including phenoxy) is 1. The van der Waals surface area contributed by atoms with Gasteiger partial charge < -0.3 is 9.84 Å². The van der Waals surface area contributed by atoms with Gasteiger partial charge >= 0.3 is 5.97 Å². The smallest absolute Gasteiger partial charge is 0.356 e. The van der Waals surface area contributed by atoms with Crippen molar-refractivity contribution in [2.45, 2.75) is 22.5 Å². The molecule has 1 fully saturated rings. The van der Waals surface area contributed by atoms with Gasteiger partial charge in [-0.1, -0.05) is 195 Å². The van der Waals surface area contributed by atoms with Crippen LogP contribution >= 0.6 is 18.6 Å². The Morgan fingerprint density at radius 2 is 1.04 bits per heavy atom. The number of carbonyl (C=O) groups excluding carboxylic acids is 2. The topological polar surface area (TPSA) is 66.8 Å². The Hall–Kier alpha value is -5.39. The van der Waals surface area contributed by atoms with Crippen LogP contribution in [0.1, 0.15) is 23.1 Å². The molecule has 0 bridgehead atoms. The van der Waals surface area contributed by atoms with Gasteiger partial charge in [0, 0.05) is 13.5 Å². The highest BCUT2D eigenvalue weighted by Gasteiger charge is 2.56. The van der Waals surface area contributed by atoms with Crippen LogP contribution < -0.4 is 15.9 Å². The average molecular weight is 748 g/mol. The molecular formula is C47H42NO4PS. The van der Waals surface area contributed by atoms with Gasteiger partial charge in [0.1, 0.15) is 17.3 Å². The van der Waals surface area contributed by atoms with Crippen molar-refractivity contribution in [2.24, 2.45) is 0 Å². The summed E-state index contributed by atoms with van der Waals surface area (Å²) in [5.74, 6) is -0.789. The third-order valence-electron chi connectivity index (χ3n) is 9.92. The van der Waals surface area contributed by atoms with E-state index in [4.69, 9.17) is 4.74 Å². The van der Waals surface area contributed by atoms with E-state index in [-0.39, 0.29) is 31.0 Å². The number of carbonyl (C=O) groups is 2. The molecule has 0 aromatic heterocycles. The van der Waals surface area contributed by atoms with Crippen LogP contribution in [-0.2, 0) is 19.1 Å². The summed E-state index contributed by atoms with van der Waals surface area (Å²) < 4.78 is 5.18. The Kier molecular flexibility index (Phi) is 11.5. The number of rotatable bonds is 14. The minimum absolute atomic E-state index is 0.0231. The van der Waals surface area contributed by atoms with Gasteiger partial charge in [0.25, 0.3) is 0 Å². The number of likely N-dealkylation sites (tertiary alicyclic amines) is 1. The number of β-lactam (4-membered cyclic amide) rings is 1. The molecule has 0 radical (unpaired) electrons. The number of aliphatic hydroxyl groups excluding tert-OH is 1. The molecule has 1 aliphatic rings. The Morgan fingerprint density at radius 3 is 1.39 bits per heavy atom. The minimum atomic E-state index is -3.11. The zero-order chi connectivity index (χ0) is 37.4. The predicted octanol–water partition coefficient (Wildman–Crippen LogP) is 7.53. The van der Waals surface area contributed by atoms with Crippen LogP contribution in [0.4, 0.5) is 0 Å². The monoisotopic (exact) mass is 747 g/mol. The summed E-state index contributed by atoms with van der Waals surface area (Å²) in [7, 11) is 0. The minimum Gasteiger partial charge on any atom is -0.457 e. The van der Waals surface area contributed by atoms with Crippen LogP contribution in [0.15, 0.2) is 195 Å². The molecule has 2 atom stereocenters. The highest BCUT2D eigenvalue weighted by atomic mass is 32.2. The molecule has 0 spiro atoms. The molecule has 270 valence electrons. The van der Waals surface area contributed by atoms with Gasteiger partial charge in [0.15, 0.2) is 0 Å². The number of nitrogens with zero attached hydrogens (tertiary/aromatic N) is 1. The first-order chi connectivity index (χ1) is 26.6. The van der Waals surface area contributed by atoms with Gasteiger partial charge in [-0.05, 0) is 39.0 Å². The second kappa shape index (κ2) is 16.7. The fraction of sp³-hybridized carbons (Fsp3) is 0.128. The third kappa shape index (κ3) is 6.67. The molecule has 6 aromatic carbocycles. The fourth-order valence-corrected chi connectivity index (χ4v) is 13.8. The van der Waals surface area contributed by atoms with Gasteiger partial charge in [-0.25, -0.2) is 4.79 Å². The number of hydrogen-bond acceptors (Lipinski definition) is 5. The molecule has 5 nitrogen and oxygen atoms in total. The molecule has 6 aromatic rings. The van der Waals surface area contributed by atoms with E-state index in [9.17, 15) is 9.90 Å². The van der Waals surface area contributed by atoms with Crippen LogP contribution in [0, 0.1) is 0 Å². The van der Waals surface area contributed by atoms with E-state index in [1.165, 1.54) is 0 Å². The molecule has 0 unspecified atom stereocenters. The summed E-state index contributed by atoms with van der Waals surface area (Å²) in [6, 6.07) is 60.2. The normalized spacial score (nSPS) is 15.6. The van der Waals surface area contributed by atoms with E-state index < -0.39 is 28.9 Å². The van der Waals surface area contributed by atoms with Crippen molar-refractivity contribution >= 4 is 51.9 Å². The summed E-state index contributed by atoms with van der Waals surface area (Å²) in [6.45, 7) is 0.501. The van der Waals surface area contributed by atoms with E-state index in [2.05, 4.69) is 43.0 Å². The average Bonchev–Trinajstić information content (AvgIpc) is 3.25. The SMILES string of the molecule is C=CCOC(=O)C(N1C(=O)[C@@H](SC(c2ccccc2)(c2ccccc2)c2ccccc2)[C@H]1CCO)=P(c1ccccc1)(c1ccccc1)c1ccccc1. The summed E-state index contributed by atoms with van der Waals surface area (Å²) in [5.41, 5.74) is 3.36. The summed E-state index contributed by atoms with van der Waals surface area (Å²) in [6.07, 6.45) is 1.80. The number of thioether (sulfide) groups is 1. The van der Waals surface area contributed by atoms with E-state index in [0.717, 1.165) is 32.6 Å². The number of aliphatic hydroxyl groups is 1. The van der Waals surface area contributed by atoms with Crippen molar-refractivity contribution in [3.63, 3.8) is 0 Å². The highest BCUT2D eigenvalue weighted by molar-refractivity contribution is 8.02. The van der Waals surface area contributed by atoms with Gasteiger partial charge in [0.2, 0.25) is 5.91 Å². The summed E-state index contributed by atoms with van der Waals surface area (Å²) in [5, 5.41) is 12.8. The predicted molar refractivity (Wildman–Crippen MR) is 224 cm³/mol. The zero-order valence-electron chi connectivity index (χ0n) is 29.9. The lowest BCUT2D eigenvalue weighted by Crippen LogP contribution is -2.68. The van der Waals surface area contributed by atoms with E-state index in [1.54, 1.807) is 22.7 Å². The molecule has 0 aliphatic carbocycles. The van der Waals surface area contributed by atoms with Crippen molar-refractivity contribution in [3.05, 3.63) is 211 Å². The number of hydrogen-bond donors (Lipinski definition) is 1. The molecule has 1 heterocycles. The van der Waals surface area contributed by atoms with Crippen molar-refractivity contribution in [1.82, 2.24) is 4.90 Å². The Morgan fingerprint density at radius 1 is 0.667 bits per heavy atom. The maximum absolute atomic E-state index is 15.4. The lowest BCUT2D eigenvalue weighted by atomic mass is 9.84. The third-order valence-corrected chi connectivity index (χ3v) is 16.0. The Labute approximate surface area is 321 Å². The van der Waals surface area contributed by atoms with Crippen molar-refractivity contribution < 1.29 is 19.4 Å². The molecule has 1 aliphatic heterocycles. The van der Waals surface area contributed by atoms with Crippen LogP contribution in [0.5, 0.6) is 0 Å². The Balaban J connectivity index is 1.51. The van der Waals surface area contributed by atoms with Crippen LogP contribution in [0.25, 0.3) is 0 Å². The number of esters is 1. The van der Waals surface area contributed by atoms with E-state index in [1.807, 2.05) is 146 Å². The van der Waals surface area contributed by atoms with Gasteiger partial charge in [-0.3, -0.25) is 9.69 Å². The lowest BCUT2D eigenvalue weighted by molar-refractivity contribution is -0.143. The zero-order valence-corrected chi connectivity index (χ0v) is 31.6. The maximum atomic E-state index is 15.4. The van der Waals surface area contributed by atoms with Crippen molar-refractivity contribution in [1.29, 1.82) is 0 Å². The lowest BCUT2D eigenvalue weighted by Gasteiger charge is -2.52. The van der Waals surface area contributed by atoms with E-state index in [0.29, 0.717) is 0 Å². The second-order valence-corrected chi connectivity index (χ2v) is 17.7. The molecule has 7 heteroatoms. The van der Waals surface area contributed by atoms with Crippen LogP contribution in [-0.4, -0.2) is 51.8 Å². The fourth-order valence-electron chi connectivity index (χ4n) is 7.60. The number of benzene rings is 6. The molecule has 1 amide bonds. The first-order valence-corrected chi connectivity index (χ1v) is 20.7. The highest BCUT2D eigenvalue weighted by Crippen LogP contribution is 2.55. The van der Waals surface area contributed by atoms with Gasteiger partial charge in [-0.2, -0.15) is 0 Å². The molecule has 7 rings (SSSR count). The maximum Gasteiger partial charge on any atom is 0.356 e. The first-order valence-electron chi connectivity index (χ1n) is 18.1. The van der Waals surface area contributed by atoms with Crippen molar-refractivity contribution in [3.8, 4) is 0 Å². The molecule has 0 saturated carbocycles.